The zero-order valence-electron chi connectivity index (χ0n) is 21.0. The number of ether oxygens (including phenoxy) is 1. The van der Waals surface area contributed by atoms with Crippen molar-refractivity contribution in [1.82, 2.24) is 20.9 Å². The largest absolute Gasteiger partial charge is 0.508 e. The fourth-order valence-corrected chi connectivity index (χ4v) is 5.49. The van der Waals surface area contributed by atoms with E-state index in [9.17, 15) is 19.8 Å². The van der Waals surface area contributed by atoms with E-state index in [1.807, 2.05) is 23.1 Å². The molecule has 5 N–H and O–H groups in total. The molecule has 0 fully saturated rings. The van der Waals surface area contributed by atoms with E-state index in [2.05, 4.69) is 16.0 Å². The maximum atomic E-state index is 14.2. The molecule has 37 heavy (non-hydrogen) atoms. The number of aromatic hydroxyl groups is 1. The van der Waals surface area contributed by atoms with Crippen molar-refractivity contribution in [2.75, 3.05) is 32.7 Å². The maximum absolute atomic E-state index is 14.2. The third kappa shape index (κ3) is 5.89. The number of amides is 2. The summed E-state index contributed by atoms with van der Waals surface area (Å²) in [4.78, 5) is 28.9. The number of phenols is 1. The van der Waals surface area contributed by atoms with Crippen LogP contribution in [0, 0.1) is 0 Å². The molecule has 0 saturated heterocycles. The third-order valence-electron chi connectivity index (χ3n) is 7.47. The minimum atomic E-state index is -0.607. The lowest BCUT2D eigenvalue weighted by Gasteiger charge is -2.29. The Balaban J connectivity index is 1.58. The lowest BCUT2D eigenvalue weighted by Crippen LogP contribution is -2.40. The maximum Gasteiger partial charge on any atom is 0.234 e. The summed E-state index contributed by atoms with van der Waals surface area (Å²) in [5, 5.41) is 29.8. The number of phenolic OH excluding ortho intramolecular Hbond substituents is 1. The van der Waals surface area contributed by atoms with E-state index >= 15 is 0 Å². The Labute approximate surface area is 217 Å². The van der Waals surface area contributed by atoms with Crippen molar-refractivity contribution in [2.24, 2.45) is 0 Å². The van der Waals surface area contributed by atoms with Crippen LogP contribution in [-0.2, 0) is 9.59 Å². The number of aliphatic hydroxyl groups excluding tert-OH is 1. The van der Waals surface area contributed by atoms with E-state index in [4.69, 9.17) is 4.74 Å². The highest BCUT2D eigenvalue weighted by Gasteiger charge is 2.43. The van der Waals surface area contributed by atoms with Crippen LogP contribution >= 0.6 is 0 Å². The van der Waals surface area contributed by atoms with Crippen LogP contribution in [0.5, 0.6) is 11.5 Å². The second kappa shape index (κ2) is 11.5. The monoisotopic (exact) mass is 508 g/mol. The smallest absolute Gasteiger partial charge is 0.234 e. The van der Waals surface area contributed by atoms with Crippen LogP contribution in [0.2, 0.25) is 0 Å². The normalized spacial score (nSPS) is 27.4. The minimum Gasteiger partial charge on any atom is -0.508 e. The molecule has 5 rings (SSSR count). The van der Waals surface area contributed by atoms with Gasteiger partial charge in [0.15, 0.2) is 0 Å². The molecule has 4 bridgehead atoms. The highest BCUT2D eigenvalue weighted by molar-refractivity contribution is 5.87. The zero-order valence-corrected chi connectivity index (χ0v) is 21.0. The second-order valence-corrected chi connectivity index (χ2v) is 10.1. The summed E-state index contributed by atoms with van der Waals surface area (Å²) >= 11 is 0. The molecule has 0 radical (unpaired) electrons. The van der Waals surface area contributed by atoms with Gasteiger partial charge in [0.05, 0.1) is 0 Å². The number of carbonyl (C=O) groups excluding carboxylic acids is 2. The number of rotatable bonds is 1. The molecule has 1 unspecified atom stereocenters. The first kappa shape index (κ1) is 25.5. The van der Waals surface area contributed by atoms with E-state index in [1.54, 1.807) is 24.3 Å². The molecule has 3 aliphatic rings. The summed E-state index contributed by atoms with van der Waals surface area (Å²) in [6, 6.07) is 12.5. The first-order valence-corrected chi connectivity index (χ1v) is 13.3. The number of fused-ring (bicyclic) bond motifs is 1. The standard InChI is InChI=1S/C28H36N4O5/c33-20-8-5-18(6-9-20)27-26-21-16-19(7-10-23(21)37-27)22-17-25(35)31-13-3-15-32(28(26)36)14-2-12-30-24(34)4-1-11-29-22/h5-10,16,22,24,26-27,29-30,33-34H,1-4,11-15,17H2,(H,31,35)/t22-,24?,26-,27+/m0/s1. The highest BCUT2D eigenvalue weighted by atomic mass is 16.5. The molecule has 0 saturated carbocycles. The van der Waals surface area contributed by atoms with Crippen molar-refractivity contribution in [3.63, 3.8) is 0 Å². The summed E-state index contributed by atoms with van der Waals surface area (Å²) in [5.41, 5.74) is 2.58. The molecule has 0 spiro atoms. The first-order valence-electron chi connectivity index (χ1n) is 13.3. The molecule has 198 valence electrons. The van der Waals surface area contributed by atoms with Crippen molar-refractivity contribution in [1.29, 1.82) is 0 Å². The van der Waals surface area contributed by atoms with E-state index in [1.165, 1.54) is 0 Å². The number of hydrogen-bond donors (Lipinski definition) is 5. The molecule has 3 aliphatic heterocycles. The van der Waals surface area contributed by atoms with E-state index in [0.29, 0.717) is 57.7 Å². The van der Waals surface area contributed by atoms with E-state index in [0.717, 1.165) is 23.1 Å². The van der Waals surface area contributed by atoms with Gasteiger partial charge in [-0.2, -0.15) is 0 Å². The van der Waals surface area contributed by atoms with Crippen LogP contribution in [0.1, 0.15) is 66.9 Å². The number of nitrogens with one attached hydrogen (secondary N) is 3. The zero-order chi connectivity index (χ0) is 25.8. The number of carbonyl (C=O) groups is 2. The Hall–Kier alpha value is -3.14. The first-order chi connectivity index (χ1) is 18.0. The van der Waals surface area contributed by atoms with Gasteiger partial charge in [0.1, 0.15) is 29.7 Å². The summed E-state index contributed by atoms with van der Waals surface area (Å²) in [6.45, 7) is 2.79. The van der Waals surface area contributed by atoms with Crippen molar-refractivity contribution < 1.29 is 24.5 Å². The van der Waals surface area contributed by atoms with Crippen molar-refractivity contribution in [2.45, 2.75) is 56.4 Å². The van der Waals surface area contributed by atoms with Gasteiger partial charge in [-0.15, -0.1) is 0 Å². The lowest BCUT2D eigenvalue weighted by molar-refractivity contribution is -0.134. The van der Waals surface area contributed by atoms with Gasteiger partial charge in [-0.1, -0.05) is 18.2 Å². The Morgan fingerprint density at radius 2 is 1.62 bits per heavy atom. The predicted molar refractivity (Wildman–Crippen MR) is 138 cm³/mol. The summed E-state index contributed by atoms with van der Waals surface area (Å²) in [6.07, 6.45) is 1.86. The van der Waals surface area contributed by atoms with Crippen LogP contribution in [0.15, 0.2) is 42.5 Å². The van der Waals surface area contributed by atoms with Gasteiger partial charge < -0.3 is 30.5 Å². The molecule has 9 heteroatoms. The Morgan fingerprint density at radius 1 is 0.892 bits per heavy atom. The Bertz CT molecular complexity index is 1110. The SMILES string of the molecule is O=C1C[C@@H]2NCCCC(O)NCCCN(CCCN1)C(=O)[C@H]1c3cc2ccc3O[C@@H]1c1ccc(O)cc1. The number of hydrogen-bond acceptors (Lipinski definition) is 7. The quantitative estimate of drug-likeness (QED) is 0.400. The molecule has 0 aliphatic carbocycles. The molecule has 9 nitrogen and oxygen atoms in total. The number of aliphatic hydroxyl groups is 1. The number of nitrogens with zero attached hydrogens (tertiary/aromatic N) is 1. The number of benzene rings is 2. The minimum absolute atomic E-state index is 0.0169. The highest BCUT2D eigenvalue weighted by Crippen LogP contribution is 2.48. The van der Waals surface area contributed by atoms with Gasteiger partial charge in [0.2, 0.25) is 11.8 Å². The van der Waals surface area contributed by atoms with Crippen LogP contribution < -0.4 is 20.7 Å². The van der Waals surface area contributed by atoms with Crippen LogP contribution in [0.4, 0.5) is 0 Å². The van der Waals surface area contributed by atoms with Crippen LogP contribution in [-0.4, -0.2) is 65.9 Å². The Kier molecular flexibility index (Phi) is 7.93. The van der Waals surface area contributed by atoms with Gasteiger partial charge >= 0.3 is 0 Å². The fourth-order valence-electron chi connectivity index (χ4n) is 5.49. The summed E-state index contributed by atoms with van der Waals surface area (Å²) in [7, 11) is 0. The average molecular weight is 509 g/mol. The molecule has 4 atom stereocenters. The van der Waals surface area contributed by atoms with Gasteiger partial charge in [0.25, 0.3) is 0 Å². The van der Waals surface area contributed by atoms with Gasteiger partial charge in [0, 0.05) is 37.7 Å². The predicted octanol–water partition coefficient (Wildman–Crippen LogP) is 2.07. The summed E-state index contributed by atoms with van der Waals surface area (Å²) in [5.74, 6) is 0.236. The molecule has 0 aromatic heterocycles. The molecule has 2 amide bonds. The topological polar surface area (TPSA) is 123 Å². The van der Waals surface area contributed by atoms with E-state index in [-0.39, 0.29) is 30.0 Å². The van der Waals surface area contributed by atoms with Gasteiger partial charge in [-0.3, -0.25) is 14.9 Å². The molecular formula is C28H36N4O5. The summed E-state index contributed by atoms with van der Waals surface area (Å²) < 4.78 is 6.38. The molecule has 2 aromatic carbocycles. The van der Waals surface area contributed by atoms with Crippen molar-refractivity contribution in [3.8, 4) is 11.5 Å². The van der Waals surface area contributed by atoms with Crippen molar-refractivity contribution >= 4 is 11.8 Å². The third-order valence-corrected chi connectivity index (χ3v) is 7.47. The average Bonchev–Trinajstić information content (AvgIpc) is 3.27. The Morgan fingerprint density at radius 3 is 2.43 bits per heavy atom. The van der Waals surface area contributed by atoms with Gasteiger partial charge in [-0.05, 0) is 74.2 Å². The molecule has 2 aromatic rings. The van der Waals surface area contributed by atoms with Crippen LogP contribution in [0.3, 0.4) is 0 Å². The second-order valence-electron chi connectivity index (χ2n) is 10.1. The van der Waals surface area contributed by atoms with E-state index < -0.39 is 18.2 Å². The fraction of sp³-hybridized carbons (Fsp3) is 0.500. The lowest BCUT2D eigenvalue weighted by atomic mass is 9.87. The van der Waals surface area contributed by atoms with Gasteiger partial charge in [-0.25, -0.2) is 0 Å². The molecule has 3 heterocycles. The molecular weight excluding hydrogens is 472 g/mol. The van der Waals surface area contributed by atoms with Crippen LogP contribution in [0.25, 0.3) is 0 Å². The van der Waals surface area contributed by atoms with Crippen molar-refractivity contribution in [3.05, 3.63) is 59.2 Å².